The van der Waals surface area contributed by atoms with Crippen molar-refractivity contribution in [3.05, 3.63) is 64.7 Å². The summed E-state index contributed by atoms with van der Waals surface area (Å²) in [6.07, 6.45) is 1.90. The minimum atomic E-state index is 1.02. The lowest BCUT2D eigenvalue weighted by molar-refractivity contribution is 1.29. The first-order chi connectivity index (χ1) is 8.66. The monoisotopic (exact) mass is 235 g/mol. The Balaban J connectivity index is 2.32. The van der Waals surface area contributed by atoms with Gasteiger partial charge < -0.3 is 0 Å². The lowest BCUT2D eigenvalue weighted by atomic mass is 10.1. The molecule has 0 aliphatic carbocycles. The van der Waals surface area contributed by atoms with Gasteiger partial charge in [0, 0.05) is 6.08 Å². The molecule has 0 aliphatic rings. The lowest BCUT2D eigenvalue weighted by Crippen LogP contribution is -1.83. The summed E-state index contributed by atoms with van der Waals surface area (Å²) in [5.74, 6) is 3.02. The summed E-state index contributed by atoms with van der Waals surface area (Å²) >= 11 is 0. The molecule has 0 aliphatic heterocycles. The average molecular weight is 235 g/mol. The van der Waals surface area contributed by atoms with Crippen molar-refractivity contribution in [1.29, 1.82) is 0 Å². The molecule has 0 fully saturated rings. The Morgan fingerprint density at radius 2 is 1.56 bits per heavy atom. The SMILES string of the molecule is Cc1cc(C)c(N=C=Cc2ccccc2)c(C)c1. The molecule has 0 N–H and O–H groups in total. The molecule has 0 aromatic heterocycles. The smallest absolute Gasteiger partial charge is 0.0788 e. The molecule has 1 nitrogen and oxygen atoms in total. The first-order valence-corrected chi connectivity index (χ1v) is 6.09. The van der Waals surface area contributed by atoms with Crippen molar-refractivity contribution in [3.8, 4) is 0 Å². The summed E-state index contributed by atoms with van der Waals surface area (Å²) in [6, 6.07) is 14.4. The zero-order valence-corrected chi connectivity index (χ0v) is 11.1. The Hall–Kier alpha value is -2.11. The Bertz CT molecular complexity index is 580. The van der Waals surface area contributed by atoms with Crippen LogP contribution in [0, 0.1) is 20.8 Å². The first kappa shape index (κ1) is 12.3. The quantitative estimate of drug-likeness (QED) is 0.673. The van der Waals surface area contributed by atoms with Gasteiger partial charge in [0.05, 0.1) is 5.69 Å². The number of aryl methyl sites for hydroxylation is 3. The van der Waals surface area contributed by atoms with Crippen molar-refractivity contribution in [1.82, 2.24) is 0 Å². The van der Waals surface area contributed by atoms with E-state index in [0.29, 0.717) is 0 Å². The second-order valence-electron chi connectivity index (χ2n) is 4.54. The molecule has 2 aromatic rings. The molecule has 0 saturated heterocycles. The van der Waals surface area contributed by atoms with Crippen LogP contribution in [0.15, 0.2) is 47.5 Å². The van der Waals surface area contributed by atoms with Gasteiger partial charge in [0.15, 0.2) is 0 Å². The minimum absolute atomic E-state index is 1.02. The highest BCUT2D eigenvalue weighted by molar-refractivity contribution is 5.80. The van der Waals surface area contributed by atoms with E-state index < -0.39 is 0 Å². The maximum atomic E-state index is 4.44. The zero-order valence-electron chi connectivity index (χ0n) is 11.1. The minimum Gasteiger partial charge on any atom is -0.206 e. The van der Waals surface area contributed by atoms with Crippen LogP contribution in [0.5, 0.6) is 0 Å². The van der Waals surface area contributed by atoms with Crippen LogP contribution in [-0.4, -0.2) is 5.87 Å². The van der Waals surface area contributed by atoms with Crippen LogP contribution in [0.3, 0.4) is 0 Å². The third-order valence-electron chi connectivity index (χ3n) is 2.84. The molecule has 1 heteroatoms. The van der Waals surface area contributed by atoms with Crippen molar-refractivity contribution in [2.24, 2.45) is 4.99 Å². The van der Waals surface area contributed by atoms with E-state index in [1.54, 1.807) is 0 Å². The van der Waals surface area contributed by atoms with Gasteiger partial charge in [-0.25, -0.2) is 4.99 Å². The maximum Gasteiger partial charge on any atom is 0.0788 e. The fourth-order valence-electron chi connectivity index (χ4n) is 2.07. The van der Waals surface area contributed by atoms with Gasteiger partial charge in [0.25, 0.3) is 0 Å². The first-order valence-electron chi connectivity index (χ1n) is 6.09. The van der Waals surface area contributed by atoms with Crippen LogP contribution >= 0.6 is 0 Å². The Morgan fingerprint density at radius 3 is 2.17 bits per heavy atom. The highest BCUT2D eigenvalue weighted by Gasteiger charge is 2.00. The predicted molar refractivity (Wildman–Crippen MR) is 78.7 cm³/mol. The van der Waals surface area contributed by atoms with E-state index in [0.717, 1.165) is 11.3 Å². The van der Waals surface area contributed by atoms with Gasteiger partial charge in [0.2, 0.25) is 0 Å². The molecule has 0 amide bonds. The molecule has 0 radical (unpaired) electrons. The number of nitrogens with zero attached hydrogens (tertiary/aromatic N) is 1. The number of benzene rings is 2. The van der Waals surface area contributed by atoms with Crippen molar-refractivity contribution in [2.45, 2.75) is 20.8 Å². The summed E-state index contributed by atoms with van der Waals surface area (Å²) in [5.41, 5.74) is 5.80. The topological polar surface area (TPSA) is 12.4 Å². The molecule has 18 heavy (non-hydrogen) atoms. The Morgan fingerprint density at radius 1 is 0.944 bits per heavy atom. The number of hydrogen-bond donors (Lipinski definition) is 0. The molecule has 0 unspecified atom stereocenters. The molecule has 0 spiro atoms. The highest BCUT2D eigenvalue weighted by atomic mass is 14.7. The Kier molecular flexibility index (Phi) is 3.76. The molecule has 0 bridgehead atoms. The number of hydrogen-bond acceptors (Lipinski definition) is 1. The van der Waals surface area contributed by atoms with Crippen molar-refractivity contribution in [2.75, 3.05) is 0 Å². The van der Waals surface area contributed by atoms with Gasteiger partial charge in [-0.3, -0.25) is 0 Å². The van der Waals surface area contributed by atoms with Gasteiger partial charge in [-0.1, -0.05) is 48.0 Å². The Labute approximate surface area is 109 Å². The van der Waals surface area contributed by atoms with E-state index in [9.17, 15) is 0 Å². The van der Waals surface area contributed by atoms with Gasteiger partial charge in [-0.15, -0.1) is 0 Å². The van der Waals surface area contributed by atoms with Crippen molar-refractivity contribution < 1.29 is 0 Å². The molecular formula is C17H17N. The van der Waals surface area contributed by atoms with Gasteiger partial charge >= 0.3 is 0 Å². The molecule has 0 atom stereocenters. The van der Waals surface area contributed by atoms with Gasteiger partial charge in [0.1, 0.15) is 0 Å². The zero-order chi connectivity index (χ0) is 13.0. The average Bonchev–Trinajstić information content (AvgIpc) is 2.34. The van der Waals surface area contributed by atoms with Crippen LogP contribution in [0.2, 0.25) is 0 Å². The van der Waals surface area contributed by atoms with E-state index in [1.807, 2.05) is 36.4 Å². The van der Waals surface area contributed by atoms with Crippen molar-refractivity contribution >= 4 is 17.6 Å². The molecule has 0 heterocycles. The van der Waals surface area contributed by atoms with Gasteiger partial charge in [-0.05, 0) is 43.3 Å². The van der Waals surface area contributed by atoms with Crippen LogP contribution in [-0.2, 0) is 0 Å². The van der Waals surface area contributed by atoms with Crippen LogP contribution < -0.4 is 0 Å². The normalized spacial score (nSPS) is 9.72. The largest absolute Gasteiger partial charge is 0.206 e. The van der Waals surface area contributed by atoms with Crippen LogP contribution in [0.25, 0.3) is 6.08 Å². The van der Waals surface area contributed by atoms with E-state index >= 15 is 0 Å². The fraction of sp³-hybridized carbons (Fsp3) is 0.176. The second kappa shape index (κ2) is 5.48. The summed E-state index contributed by atoms with van der Waals surface area (Å²) < 4.78 is 0. The highest BCUT2D eigenvalue weighted by Crippen LogP contribution is 2.24. The lowest BCUT2D eigenvalue weighted by Gasteiger charge is -2.04. The third kappa shape index (κ3) is 2.97. The fourth-order valence-corrected chi connectivity index (χ4v) is 2.07. The van der Waals surface area contributed by atoms with Gasteiger partial charge in [-0.2, -0.15) is 0 Å². The number of rotatable bonds is 2. The standard InChI is InChI=1S/C17H17N/c1-13-11-14(2)17(15(3)12-13)18-10-9-16-7-5-4-6-8-16/h4-9,11-12H,1-3H3. The summed E-state index contributed by atoms with van der Waals surface area (Å²) in [6.45, 7) is 6.28. The number of aliphatic imine (C=N–C) groups is 1. The molecular weight excluding hydrogens is 218 g/mol. The summed E-state index contributed by atoms with van der Waals surface area (Å²) in [5, 5.41) is 0. The van der Waals surface area contributed by atoms with E-state index in [-0.39, 0.29) is 0 Å². The molecule has 2 aromatic carbocycles. The van der Waals surface area contributed by atoms with E-state index in [4.69, 9.17) is 0 Å². The van der Waals surface area contributed by atoms with E-state index in [1.165, 1.54) is 16.7 Å². The maximum absolute atomic E-state index is 4.44. The van der Waals surface area contributed by atoms with Crippen LogP contribution in [0.1, 0.15) is 22.3 Å². The summed E-state index contributed by atoms with van der Waals surface area (Å²) in [4.78, 5) is 4.44. The third-order valence-corrected chi connectivity index (χ3v) is 2.84. The second-order valence-corrected chi connectivity index (χ2v) is 4.54. The predicted octanol–water partition coefficient (Wildman–Crippen LogP) is 4.63. The van der Waals surface area contributed by atoms with Crippen molar-refractivity contribution in [3.63, 3.8) is 0 Å². The molecule has 0 saturated carbocycles. The summed E-state index contributed by atoms with van der Waals surface area (Å²) in [7, 11) is 0. The molecule has 2 rings (SSSR count). The molecule has 90 valence electrons. The van der Waals surface area contributed by atoms with Crippen LogP contribution in [0.4, 0.5) is 5.69 Å². The van der Waals surface area contributed by atoms with E-state index in [2.05, 4.69) is 43.8 Å².